The Bertz CT molecular complexity index is 1430. The summed E-state index contributed by atoms with van der Waals surface area (Å²) >= 11 is 0. The van der Waals surface area contributed by atoms with Crippen LogP contribution in [0.4, 0.5) is 4.39 Å². The number of carbonyl (C=O) groups excluding carboxylic acids is 1. The smallest absolute Gasteiger partial charge is 0.335 e. The first-order valence-corrected chi connectivity index (χ1v) is 12.0. The number of aromatic amines is 1. The maximum atomic E-state index is 13.0. The number of carbonyl (C=O) groups is 3. The van der Waals surface area contributed by atoms with E-state index in [0.29, 0.717) is 42.4 Å². The maximum absolute atomic E-state index is 13.0. The fourth-order valence-corrected chi connectivity index (χ4v) is 4.18. The molecular formula is C26H30FN3O10. The topological polar surface area (TPSA) is 222 Å². The van der Waals surface area contributed by atoms with Crippen LogP contribution in [0.5, 0.6) is 0 Å². The van der Waals surface area contributed by atoms with Gasteiger partial charge in [0.2, 0.25) is 0 Å². The molecule has 0 saturated carbocycles. The molecule has 3 aromatic rings. The normalized spacial score (nSPS) is 15.3. The molecule has 1 aliphatic heterocycles. The van der Waals surface area contributed by atoms with Gasteiger partial charge in [-0.25, -0.2) is 18.8 Å². The molecule has 14 heteroatoms. The molecule has 216 valence electrons. The molecule has 0 aliphatic carbocycles. The number of piperidine rings is 1. The zero-order valence-corrected chi connectivity index (χ0v) is 21.2. The lowest BCUT2D eigenvalue weighted by Gasteiger charge is -2.31. The van der Waals surface area contributed by atoms with E-state index in [9.17, 15) is 28.4 Å². The third-order valence-corrected chi connectivity index (χ3v) is 6.42. The number of Topliss-reactive ketones (excluding diaryl/α,β-unsaturated/α-hetero) is 1. The zero-order valence-electron chi connectivity index (χ0n) is 21.2. The Kier molecular flexibility index (Phi) is 11.4. The number of aliphatic hydroxyl groups excluding tert-OH is 2. The van der Waals surface area contributed by atoms with E-state index in [1.54, 1.807) is 24.3 Å². The summed E-state index contributed by atoms with van der Waals surface area (Å²) in [6.07, 6.45) is -3.12. The van der Waals surface area contributed by atoms with Crippen molar-refractivity contribution in [1.82, 2.24) is 14.5 Å². The largest absolute Gasteiger partial charge is 0.479 e. The number of aromatic nitrogens is 2. The number of rotatable bonds is 8. The molecule has 4 rings (SSSR count). The van der Waals surface area contributed by atoms with Crippen LogP contribution in [0, 0.1) is 11.7 Å². The minimum atomic E-state index is -2.27. The Morgan fingerprint density at radius 2 is 1.45 bits per heavy atom. The van der Waals surface area contributed by atoms with Gasteiger partial charge < -0.3 is 35.8 Å². The molecule has 13 nitrogen and oxygen atoms in total. The number of para-hydroxylation sites is 1. The van der Waals surface area contributed by atoms with E-state index in [2.05, 4.69) is 9.88 Å². The van der Waals surface area contributed by atoms with Crippen molar-refractivity contribution in [3.63, 3.8) is 0 Å². The fourth-order valence-electron chi connectivity index (χ4n) is 4.18. The molecule has 0 amide bonds. The highest BCUT2D eigenvalue weighted by Gasteiger charge is 2.29. The average molecular weight is 564 g/mol. The predicted molar refractivity (Wildman–Crippen MR) is 140 cm³/mol. The van der Waals surface area contributed by atoms with E-state index in [-0.39, 0.29) is 28.6 Å². The number of aliphatic carboxylic acids is 2. The first kappa shape index (κ1) is 32.0. The Balaban J connectivity index is 0.000000439. The van der Waals surface area contributed by atoms with Crippen LogP contribution in [0.25, 0.3) is 10.9 Å². The third-order valence-electron chi connectivity index (χ3n) is 6.42. The van der Waals surface area contributed by atoms with Crippen molar-refractivity contribution in [1.29, 1.82) is 0 Å². The Morgan fingerprint density at radius 1 is 0.900 bits per heavy atom. The highest BCUT2D eigenvalue weighted by molar-refractivity contribution is 5.97. The van der Waals surface area contributed by atoms with Crippen LogP contribution in [0.15, 0.2) is 58.1 Å². The molecule has 1 aromatic heterocycles. The summed E-state index contributed by atoms with van der Waals surface area (Å²) in [4.78, 5) is 61.9. The van der Waals surface area contributed by atoms with Crippen molar-refractivity contribution in [3.8, 4) is 0 Å². The summed E-state index contributed by atoms with van der Waals surface area (Å²) < 4.78 is 14.3. The molecule has 7 N–H and O–H groups in total. The van der Waals surface area contributed by atoms with E-state index in [4.69, 9.17) is 20.4 Å². The van der Waals surface area contributed by atoms with Gasteiger partial charge in [-0.05, 0) is 62.3 Å². The van der Waals surface area contributed by atoms with Gasteiger partial charge in [0.25, 0.3) is 5.56 Å². The number of halogens is 1. The standard InChI is InChI=1S/C22H22FN3O3.C4H6O6.H2O/c23-17-7-5-15(6-8-17)20(27)16-9-11-25(12-10-16)13-14-26-21(28)18-3-1-2-4-19(18)24-22(26)29;5-1(3(7)8)2(6)4(9)10;/h1-8,16H,9-14H2,(H,24,29);1-2,5-6H,(H,7,8)(H,9,10);1H2/t;1-,2+;. The van der Waals surface area contributed by atoms with Gasteiger partial charge in [0.15, 0.2) is 18.0 Å². The molecular weight excluding hydrogens is 533 g/mol. The van der Waals surface area contributed by atoms with Crippen molar-refractivity contribution in [2.24, 2.45) is 5.92 Å². The molecule has 0 radical (unpaired) electrons. The second kappa shape index (κ2) is 14.2. The maximum Gasteiger partial charge on any atom is 0.335 e. The molecule has 1 saturated heterocycles. The van der Waals surface area contributed by atoms with Crippen molar-refractivity contribution in [2.45, 2.75) is 31.6 Å². The number of ketones is 1. The number of fused-ring (bicyclic) bond motifs is 1. The van der Waals surface area contributed by atoms with E-state index in [1.807, 2.05) is 0 Å². The summed E-state index contributed by atoms with van der Waals surface area (Å²) in [5.74, 6) is -3.92. The molecule has 2 aromatic carbocycles. The molecule has 2 atom stereocenters. The molecule has 0 spiro atoms. The highest BCUT2D eigenvalue weighted by Crippen LogP contribution is 2.22. The second-order valence-corrected chi connectivity index (χ2v) is 8.99. The Morgan fingerprint density at radius 3 is 2.00 bits per heavy atom. The van der Waals surface area contributed by atoms with Gasteiger partial charge in [0.05, 0.1) is 10.9 Å². The lowest BCUT2D eigenvalue weighted by molar-refractivity contribution is -0.165. The number of H-pyrrole nitrogens is 1. The minimum absolute atomic E-state index is 0. The fraction of sp³-hybridized carbons (Fsp3) is 0.346. The van der Waals surface area contributed by atoms with Crippen LogP contribution in [-0.2, 0) is 16.1 Å². The van der Waals surface area contributed by atoms with Crippen molar-refractivity contribution in [2.75, 3.05) is 19.6 Å². The number of nitrogens with one attached hydrogen (secondary N) is 1. The van der Waals surface area contributed by atoms with Crippen LogP contribution in [0.3, 0.4) is 0 Å². The van der Waals surface area contributed by atoms with E-state index < -0.39 is 29.8 Å². The SMILES string of the molecule is O.O=C(O)[C@@H](O)[C@@H](O)C(=O)O.O=C(c1ccc(F)cc1)C1CCN(CCn2c(=O)[nH]c3ccccc3c2=O)CC1. The second-order valence-electron chi connectivity index (χ2n) is 8.99. The highest BCUT2D eigenvalue weighted by atomic mass is 19.1. The number of hydrogen-bond donors (Lipinski definition) is 5. The number of likely N-dealkylation sites (tertiary alicyclic amines) is 1. The number of benzene rings is 2. The number of nitrogens with zero attached hydrogens (tertiary/aromatic N) is 2. The molecule has 0 bridgehead atoms. The van der Waals surface area contributed by atoms with E-state index in [1.165, 1.54) is 28.8 Å². The molecule has 0 unspecified atom stereocenters. The van der Waals surface area contributed by atoms with Gasteiger partial charge in [-0.3, -0.25) is 14.2 Å². The monoisotopic (exact) mass is 563 g/mol. The minimum Gasteiger partial charge on any atom is -0.479 e. The van der Waals surface area contributed by atoms with Gasteiger partial charge in [0.1, 0.15) is 5.82 Å². The van der Waals surface area contributed by atoms with Crippen LogP contribution in [0.1, 0.15) is 23.2 Å². The summed E-state index contributed by atoms with van der Waals surface area (Å²) in [5, 5.41) is 33.0. The van der Waals surface area contributed by atoms with E-state index >= 15 is 0 Å². The summed E-state index contributed by atoms with van der Waals surface area (Å²) in [5.41, 5.74) is 0.388. The molecule has 40 heavy (non-hydrogen) atoms. The average Bonchev–Trinajstić information content (AvgIpc) is 2.92. The molecule has 1 aliphatic rings. The van der Waals surface area contributed by atoms with Gasteiger partial charge in [-0.2, -0.15) is 0 Å². The van der Waals surface area contributed by atoms with Gasteiger partial charge in [0, 0.05) is 24.6 Å². The van der Waals surface area contributed by atoms with Gasteiger partial charge in [-0.1, -0.05) is 12.1 Å². The van der Waals surface area contributed by atoms with Crippen molar-refractivity contribution in [3.05, 3.63) is 80.7 Å². The Labute approximate surface area is 226 Å². The number of carboxylic acids is 2. The molecule has 1 fully saturated rings. The number of hydrogen-bond acceptors (Lipinski definition) is 8. The van der Waals surface area contributed by atoms with Crippen molar-refractivity contribution >= 4 is 28.6 Å². The van der Waals surface area contributed by atoms with Gasteiger partial charge in [-0.15, -0.1) is 0 Å². The summed E-state index contributed by atoms with van der Waals surface area (Å²) in [6.45, 7) is 2.31. The van der Waals surface area contributed by atoms with Crippen LogP contribution < -0.4 is 11.2 Å². The third kappa shape index (κ3) is 7.89. The summed E-state index contributed by atoms with van der Waals surface area (Å²) in [7, 11) is 0. The zero-order chi connectivity index (χ0) is 28.7. The summed E-state index contributed by atoms with van der Waals surface area (Å²) in [6, 6.07) is 12.6. The van der Waals surface area contributed by atoms with Crippen LogP contribution >= 0.6 is 0 Å². The number of aliphatic hydroxyl groups is 2. The lowest BCUT2D eigenvalue weighted by Crippen LogP contribution is -2.42. The number of carboxylic acid groups (broad SMARTS) is 2. The van der Waals surface area contributed by atoms with Crippen LogP contribution in [-0.4, -0.2) is 89.9 Å². The quantitative estimate of drug-likeness (QED) is 0.221. The van der Waals surface area contributed by atoms with Crippen LogP contribution in [0.2, 0.25) is 0 Å². The lowest BCUT2D eigenvalue weighted by atomic mass is 9.89. The molecule has 2 heterocycles. The van der Waals surface area contributed by atoms with E-state index in [0.717, 1.165) is 13.1 Å². The van der Waals surface area contributed by atoms with Gasteiger partial charge >= 0.3 is 17.6 Å². The Hall–Kier alpha value is -4.24. The predicted octanol–water partition coefficient (Wildman–Crippen LogP) is -0.523. The first-order valence-electron chi connectivity index (χ1n) is 12.0. The van der Waals surface area contributed by atoms with Crippen molar-refractivity contribution < 1.29 is 44.7 Å². The first-order chi connectivity index (χ1) is 18.5.